The lowest BCUT2D eigenvalue weighted by molar-refractivity contribution is -0.131. The summed E-state index contributed by atoms with van der Waals surface area (Å²) in [6.45, 7) is 3.43. The first-order chi connectivity index (χ1) is 17.1. The van der Waals surface area contributed by atoms with E-state index in [0.29, 0.717) is 49.9 Å². The van der Waals surface area contributed by atoms with Crippen LogP contribution in [0.2, 0.25) is 0 Å². The van der Waals surface area contributed by atoms with E-state index in [0.717, 1.165) is 24.2 Å². The van der Waals surface area contributed by atoms with Crippen LogP contribution in [0.1, 0.15) is 18.7 Å². The Morgan fingerprint density at radius 3 is 2.80 bits per heavy atom. The van der Waals surface area contributed by atoms with E-state index in [1.807, 2.05) is 29.2 Å². The van der Waals surface area contributed by atoms with Gasteiger partial charge < -0.3 is 9.42 Å². The molecule has 1 atom stereocenters. The summed E-state index contributed by atoms with van der Waals surface area (Å²) in [5.41, 5.74) is 2.37. The molecule has 1 fully saturated rings. The van der Waals surface area contributed by atoms with Crippen LogP contribution in [0.25, 0.3) is 11.4 Å². The average molecular weight is 477 g/mol. The summed E-state index contributed by atoms with van der Waals surface area (Å²) in [5.74, 6) is -0.112. The standard InChI is InChI=1S/C25H25FN6O3/c26-18-8-6-17(7-9-18)24-27-22(35-30-24)10-11-23(33)32-13-3-12-31(14-15-32)16-21-19-4-1-2-5-20(19)25(34)29-28-21/h1-2,4-9,20H,3,10-16H2. The normalized spacial score (nSPS) is 20.3. The summed E-state index contributed by atoms with van der Waals surface area (Å²) in [6, 6.07) is 5.85. The summed E-state index contributed by atoms with van der Waals surface area (Å²) in [4.78, 5) is 33.3. The molecule has 3 heterocycles. The molecule has 1 unspecified atom stereocenters. The fourth-order valence-corrected chi connectivity index (χ4v) is 4.42. The number of carbonyl (C=O) groups is 2. The van der Waals surface area contributed by atoms with Crippen molar-refractivity contribution < 1.29 is 18.5 Å². The molecule has 1 aromatic carbocycles. The van der Waals surface area contributed by atoms with Gasteiger partial charge in [0.05, 0.1) is 11.6 Å². The van der Waals surface area contributed by atoms with E-state index in [2.05, 4.69) is 25.3 Å². The largest absolute Gasteiger partial charge is 0.341 e. The number of hydrogen-bond donors (Lipinski definition) is 0. The highest BCUT2D eigenvalue weighted by Gasteiger charge is 2.28. The van der Waals surface area contributed by atoms with E-state index in [1.54, 1.807) is 12.1 Å². The fourth-order valence-electron chi connectivity index (χ4n) is 4.42. The van der Waals surface area contributed by atoms with Crippen molar-refractivity contribution in [2.75, 3.05) is 32.7 Å². The number of rotatable bonds is 6. The Morgan fingerprint density at radius 2 is 1.94 bits per heavy atom. The lowest BCUT2D eigenvalue weighted by Crippen LogP contribution is -2.36. The third-order valence-electron chi connectivity index (χ3n) is 6.33. The van der Waals surface area contributed by atoms with Crippen LogP contribution >= 0.6 is 0 Å². The van der Waals surface area contributed by atoms with E-state index in [1.165, 1.54) is 12.1 Å². The number of fused-ring (bicyclic) bond motifs is 1. The van der Waals surface area contributed by atoms with E-state index >= 15 is 0 Å². The topological polar surface area (TPSA) is 104 Å². The Hall–Kier alpha value is -3.79. The van der Waals surface area contributed by atoms with Crippen molar-refractivity contribution in [2.24, 2.45) is 16.1 Å². The maximum atomic E-state index is 13.1. The Kier molecular flexibility index (Phi) is 6.71. The predicted octanol–water partition coefficient (Wildman–Crippen LogP) is 3.33. The quantitative estimate of drug-likeness (QED) is 0.634. The first-order valence-electron chi connectivity index (χ1n) is 11.7. The first-order valence-corrected chi connectivity index (χ1v) is 11.7. The van der Waals surface area contributed by atoms with Gasteiger partial charge in [0, 0.05) is 51.1 Å². The van der Waals surface area contributed by atoms with Gasteiger partial charge in [-0.05, 0) is 36.3 Å². The zero-order chi connectivity index (χ0) is 24.2. The lowest BCUT2D eigenvalue weighted by atomic mass is 9.91. The van der Waals surface area contributed by atoms with Crippen molar-refractivity contribution in [1.82, 2.24) is 19.9 Å². The summed E-state index contributed by atoms with van der Waals surface area (Å²) in [6.07, 6.45) is 9.02. The van der Waals surface area contributed by atoms with E-state index in [9.17, 15) is 14.0 Å². The van der Waals surface area contributed by atoms with Crippen molar-refractivity contribution in [3.8, 4) is 11.4 Å². The maximum absolute atomic E-state index is 13.1. The van der Waals surface area contributed by atoms with Crippen LogP contribution in [-0.2, 0) is 16.0 Å². The fraction of sp³-hybridized carbons (Fsp3) is 0.360. The van der Waals surface area contributed by atoms with E-state index < -0.39 is 0 Å². The molecule has 9 nitrogen and oxygen atoms in total. The number of aromatic nitrogens is 2. The number of aryl methyl sites for hydroxylation is 1. The molecule has 0 saturated carbocycles. The van der Waals surface area contributed by atoms with E-state index in [4.69, 9.17) is 4.52 Å². The van der Waals surface area contributed by atoms with Crippen molar-refractivity contribution in [3.63, 3.8) is 0 Å². The summed E-state index contributed by atoms with van der Waals surface area (Å²) < 4.78 is 18.4. The van der Waals surface area contributed by atoms with Gasteiger partial charge in [-0.3, -0.25) is 14.5 Å². The second-order valence-electron chi connectivity index (χ2n) is 8.69. The number of azo groups is 1. The predicted molar refractivity (Wildman–Crippen MR) is 124 cm³/mol. The summed E-state index contributed by atoms with van der Waals surface area (Å²) in [7, 11) is 0. The molecule has 0 radical (unpaired) electrons. The SMILES string of the molecule is O=C1N=NC(CN2CCCN(C(=O)CCc3nc(-c4ccc(F)cc4)no3)CC2)=C2C=CC=CC12. The molecule has 5 rings (SSSR count). The molecular weight excluding hydrogens is 451 g/mol. The number of carbonyl (C=O) groups excluding carboxylic acids is 2. The highest BCUT2D eigenvalue weighted by atomic mass is 19.1. The van der Waals surface area contributed by atoms with Gasteiger partial charge in [-0.1, -0.05) is 29.5 Å². The van der Waals surface area contributed by atoms with Crippen molar-refractivity contribution >= 4 is 11.8 Å². The van der Waals surface area contributed by atoms with Gasteiger partial charge in [0.25, 0.3) is 5.91 Å². The number of amides is 2. The minimum absolute atomic E-state index is 0.0405. The Morgan fingerprint density at radius 1 is 1.09 bits per heavy atom. The van der Waals surface area contributed by atoms with Gasteiger partial charge in [-0.15, -0.1) is 5.11 Å². The first kappa shape index (κ1) is 23.0. The zero-order valence-corrected chi connectivity index (χ0v) is 19.1. The van der Waals surface area contributed by atoms with Gasteiger partial charge >= 0.3 is 0 Å². The number of nitrogens with zero attached hydrogens (tertiary/aromatic N) is 6. The third kappa shape index (κ3) is 5.32. The molecule has 2 aliphatic heterocycles. The van der Waals surface area contributed by atoms with Gasteiger partial charge in [0.2, 0.25) is 17.6 Å². The molecule has 1 aliphatic carbocycles. The van der Waals surface area contributed by atoms with Gasteiger partial charge in [0.1, 0.15) is 5.82 Å². The van der Waals surface area contributed by atoms with Crippen molar-refractivity contribution in [2.45, 2.75) is 19.3 Å². The number of benzene rings is 1. The molecule has 0 spiro atoms. The average Bonchev–Trinajstić information content (AvgIpc) is 3.23. The summed E-state index contributed by atoms with van der Waals surface area (Å²) >= 11 is 0. The number of halogens is 1. The van der Waals surface area contributed by atoms with Crippen LogP contribution < -0.4 is 0 Å². The van der Waals surface area contributed by atoms with Gasteiger partial charge in [-0.25, -0.2) is 4.39 Å². The highest BCUT2D eigenvalue weighted by Crippen LogP contribution is 2.29. The highest BCUT2D eigenvalue weighted by molar-refractivity contribution is 5.86. The molecule has 35 heavy (non-hydrogen) atoms. The molecule has 1 saturated heterocycles. The molecule has 180 valence electrons. The monoisotopic (exact) mass is 476 g/mol. The molecular formula is C25H25FN6O3. The van der Waals surface area contributed by atoms with Crippen LogP contribution in [0, 0.1) is 11.7 Å². The Bertz CT molecular complexity index is 1230. The Balaban J connectivity index is 1.14. The lowest BCUT2D eigenvalue weighted by Gasteiger charge is -2.25. The van der Waals surface area contributed by atoms with Crippen LogP contribution in [0.3, 0.4) is 0 Å². The molecule has 0 bridgehead atoms. The number of hydrogen-bond acceptors (Lipinski definition) is 7. The minimum Gasteiger partial charge on any atom is -0.341 e. The number of allylic oxidation sites excluding steroid dienone is 3. The second-order valence-corrected chi connectivity index (χ2v) is 8.69. The molecule has 1 aromatic heterocycles. The smallest absolute Gasteiger partial charge is 0.275 e. The van der Waals surface area contributed by atoms with Crippen LogP contribution in [0.5, 0.6) is 0 Å². The summed E-state index contributed by atoms with van der Waals surface area (Å²) in [5, 5.41) is 11.9. The molecule has 3 aliphatic rings. The maximum Gasteiger partial charge on any atom is 0.275 e. The van der Waals surface area contributed by atoms with E-state index in [-0.39, 0.29) is 30.0 Å². The van der Waals surface area contributed by atoms with Crippen LogP contribution in [0.15, 0.2) is 74.6 Å². The van der Waals surface area contributed by atoms with Crippen molar-refractivity contribution in [1.29, 1.82) is 0 Å². The minimum atomic E-state index is -0.342. The molecule has 0 N–H and O–H groups in total. The van der Waals surface area contributed by atoms with Crippen LogP contribution in [0.4, 0.5) is 4.39 Å². The Labute approximate surface area is 201 Å². The molecule has 10 heteroatoms. The zero-order valence-electron chi connectivity index (χ0n) is 19.1. The molecule has 2 aromatic rings. The van der Waals surface area contributed by atoms with Gasteiger partial charge in [0.15, 0.2) is 0 Å². The second kappa shape index (κ2) is 10.2. The molecule has 2 amide bonds. The van der Waals surface area contributed by atoms with Crippen LogP contribution in [-0.4, -0.2) is 64.5 Å². The van der Waals surface area contributed by atoms with Gasteiger partial charge in [-0.2, -0.15) is 10.1 Å². The third-order valence-corrected chi connectivity index (χ3v) is 6.33. The van der Waals surface area contributed by atoms with Crippen molar-refractivity contribution in [3.05, 3.63) is 71.5 Å².